The van der Waals surface area contributed by atoms with Gasteiger partial charge in [0.1, 0.15) is 5.69 Å². The highest BCUT2D eigenvalue weighted by atomic mass is 16.1. The van der Waals surface area contributed by atoms with Crippen LogP contribution in [0.15, 0.2) is 30.6 Å². The van der Waals surface area contributed by atoms with E-state index < -0.39 is 0 Å². The first-order chi connectivity index (χ1) is 9.79. The number of imidazole rings is 1. The molecule has 1 saturated carbocycles. The van der Waals surface area contributed by atoms with Crippen LogP contribution in [0.5, 0.6) is 0 Å². The molecule has 1 aliphatic carbocycles. The Morgan fingerprint density at radius 2 is 1.85 bits per heavy atom. The molecule has 0 saturated heterocycles. The smallest absolute Gasteiger partial charge is 0.170 e. The molecule has 1 heterocycles. The molecular formula is C17H20N2O. The van der Waals surface area contributed by atoms with Crippen molar-refractivity contribution in [3.05, 3.63) is 41.9 Å². The third-order valence-corrected chi connectivity index (χ3v) is 4.34. The molecule has 1 fully saturated rings. The lowest BCUT2D eigenvalue weighted by atomic mass is 9.84. The second-order valence-electron chi connectivity index (χ2n) is 5.66. The van der Waals surface area contributed by atoms with E-state index in [2.05, 4.69) is 29.2 Å². The van der Waals surface area contributed by atoms with Crippen LogP contribution in [0.2, 0.25) is 0 Å². The summed E-state index contributed by atoms with van der Waals surface area (Å²) >= 11 is 0. The number of hydrogen-bond acceptors (Lipinski definition) is 2. The fourth-order valence-corrected chi connectivity index (χ4v) is 3.24. The quantitative estimate of drug-likeness (QED) is 0.790. The molecule has 3 rings (SSSR count). The first-order valence-corrected chi connectivity index (χ1v) is 7.36. The lowest BCUT2D eigenvalue weighted by Gasteiger charge is -2.22. The van der Waals surface area contributed by atoms with E-state index in [9.17, 15) is 4.79 Å². The van der Waals surface area contributed by atoms with Crippen LogP contribution in [0.4, 0.5) is 0 Å². The minimum Gasteiger partial charge on any atom is -0.333 e. The Morgan fingerprint density at radius 3 is 2.50 bits per heavy atom. The van der Waals surface area contributed by atoms with E-state index in [0.29, 0.717) is 5.69 Å². The van der Waals surface area contributed by atoms with Crippen LogP contribution in [0.1, 0.15) is 54.1 Å². The first-order valence-electron chi connectivity index (χ1n) is 7.36. The molecule has 0 aliphatic heterocycles. The molecular weight excluding hydrogens is 248 g/mol. The van der Waals surface area contributed by atoms with E-state index in [-0.39, 0.29) is 0 Å². The molecule has 0 N–H and O–H groups in total. The summed E-state index contributed by atoms with van der Waals surface area (Å²) in [6.45, 7) is 0. The zero-order chi connectivity index (χ0) is 13.9. The molecule has 1 aliphatic rings. The number of aldehydes is 1. The van der Waals surface area contributed by atoms with Crippen LogP contribution >= 0.6 is 0 Å². The molecule has 3 heteroatoms. The maximum Gasteiger partial charge on any atom is 0.170 e. The molecule has 0 atom stereocenters. The number of aryl methyl sites for hydroxylation is 1. The molecule has 104 valence electrons. The van der Waals surface area contributed by atoms with Crippen molar-refractivity contribution < 1.29 is 4.79 Å². The van der Waals surface area contributed by atoms with Gasteiger partial charge in [-0.15, -0.1) is 0 Å². The topological polar surface area (TPSA) is 34.9 Å². The Kier molecular flexibility index (Phi) is 3.68. The molecule has 0 radical (unpaired) electrons. The van der Waals surface area contributed by atoms with Gasteiger partial charge in [0.05, 0.1) is 12.0 Å². The number of hydrogen-bond donors (Lipinski definition) is 0. The van der Waals surface area contributed by atoms with E-state index in [0.717, 1.165) is 23.5 Å². The highest BCUT2D eigenvalue weighted by molar-refractivity contribution is 5.83. The van der Waals surface area contributed by atoms with Crippen LogP contribution in [-0.2, 0) is 7.05 Å². The zero-order valence-electron chi connectivity index (χ0n) is 11.9. The number of carbonyl (C=O) groups excluding carboxylic acids is 1. The molecule has 2 aromatic rings. The van der Waals surface area contributed by atoms with Gasteiger partial charge in [-0.25, -0.2) is 4.98 Å². The molecule has 0 amide bonds. The third kappa shape index (κ3) is 2.40. The fourth-order valence-electron chi connectivity index (χ4n) is 3.24. The van der Waals surface area contributed by atoms with Gasteiger partial charge in [0.15, 0.2) is 6.29 Å². The molecule has 20 heavy (non-hydrogen) atoms. The summed E-state index contributed by atoms with van der Waals surface area (Å²) < 4.78 is 1.90. The summed E-state index contributed by atoms with van der Waals surface area (Å²) in [4.78, 5) is 15.2. The first kappa shape index (κ1) is 13.1. The van der Waals surface area contributed by atoms with E-state index in [4.69, 9.17) is 0 Å². The van der Waals surface area contributed by atoms with Crippen molar-refractivity contribution in [2.45, 2.75) is 38.0 Å². The maximum atomic E-state index is 11.1. The van der Waals surface area contributed by atoms with Gasteiger partial charge in [0, 0.05) is 12.6 Å². The standard InChI is InChI=1S/C17H20N2O/c1-19-12-18-16(11-20)17(19)15-9-7-14(8-10-15)13-5-3-2-4-6-13/h7-13H,2-6H2,1H3. The fraction of sp³-hybridized carbons (Fsp3) is 0.412. The predicted octanol–water partition coefficient (Wildman–Crippen LogP) is 3.95. The Labute approximate surface area is 119 Å². The third-order valence-electron chi connectivity index (χ3n) is 4.34. The molecule has 3 nitrogen and oxygen atoms in total. The Morgan fingerprint density at radius 1 is 1.15 bits per heavy atom. The Hall–Kier alpha value is -1.90. The van der Waals surface area contributed by atoms with Crippen LogP contribution in [-0.4, -0.2) is 15.8 Å². The Balaban J connectivity index is 1.89. The van der Waals surface area contributed by atoms with Gasteiger partial charge in [0.2, 0.25) is 0 Å². The predicted molar refractivity (Wildman–Crippen MR) is 79.9 cm³/mol. The van der Waals surface area contributed by atoms with Crippen LogP contribution in [0.3, 0.4) is 0 Å². The van der Waals surface area contributed by atoms with Crippen molar-refractivity contribution in [1.82, 2.24) is 9.55 Å². The van der Waals surface area contributed by atoms with Gasteiger partial charge in [0.25, 0.3) is 0 Å². The molecule has 1 aromatic carbocycles. The summed E-state index contributed by atoms with van der Waals surface area (Å²) in [5.74, 6) is 0.717. The summed E-state index contributed by atoms with van der Waals surface area (Å²) in [6, 6.07) is 8.67. The van der Waals surface area contributed by atoms with E-state index in [1.807, 2.05) is 11.6 Å². The van der Waals surface area contributed by atoms with Crippen LogP contribution < -0.4 is 0 Å². The molecule has 0 spiro atoms. The SMILES string of the molecule is Cn1cnc(C=O)c1-c1ccc(C2CCCCC2)cc1. The van der Waals surface area contributed by atoms with Gasteiger partial charge >= 0.3 is 0 Å². The minimum atomic E-state index is 0.512. The van der Waals surface area contributed by atoms with Crippen molar-refractivity contribution in [2.24, 2.45) is 7.05 Å². The van der Waals surface area contributed by atoms with Crippen molar-refractivity contribution in [3.8, 4) is 11.3 Å². The van der Waals surface area contributed by atoms with Crippen LogP contribution in [0, 0.1) is 0 Å². The van der Waals surface area contributed by atoms with Gasteiger partial charge in [-0.3, -0.25) is 4.79 Å². The highest BCUT2D eigenvalue weighted by Gasteiger charge is 2.16. The van der Waals surface area contributed by atoms with E-state index >= 15 is 0 Å². The number of aromatic nitrogens is 2. The van der Waals surface area contributed by atoms with Crippen molar-refractivity contribution in [1.29, 1.82) is 0 Å². The average molecular weight is 268 g/mol. The van der Waals surface area contributed by atoms with Crippen molar-refractivity contribution in [2.75, 3.05) is 0 Å². The number of rotatable bonds is 3. The van der Waals surface area contributed by atoms with E-state index in [1.54, 1.807) is 6.33 Å². The van der Waals surface area contributed by atoms with Gasteiger partial charge in [-0.1, -0.05) is 43.5 Å². The lowest BCUT2D eigenvalue weighted by molar-refractivity contribution is 0.112. The number of carbonyl (C=O) groups is 1. The van der Waals surface area contributed by atoms with Crippen LogP contribution in [0.25, 0.3) is 11.3 Å². The largest absolute Gasteiger partial charge is 0.333 e. The second kappa shape index (κ2) is 5.61. The molecule has 0 bridgehead atoms. The van der Waals surface area contributed by atoms with Crippen molar-refractivity contribution in [3.63, 3.8) is 0 Å². The van der Waals surface area contributed by atoms with Gasteiger partial charge in [-0.05, 0) is 24.3 Å². The summed E-state index contributed by atoms with van der Waals surface area (Å²) in [5, 5.41) is 0. The maximum absolute atomic E-state index is 11.1. The molecule has 1 aromatic heterocycles. The van der Waals surface area contributed by atoms with E-state index in [1.165, 1.54) is 37.7 Å². The summed E-state index contributed by atoms with van der Waals surface area (Å²) in [6.07, 6.45) is 9.22. The van der Waals surface area contributed by atoms with Gasteiger partial charge < -0.3 is 4.57 Å². The zero-order valence-corrected chi connectivity index (χ0v) is 11.9. The van der Waals surface area contributed by atoms with Gasteiger partial charge in [-0.2, -0.15) is 0 Å². The summed E-state index contributed by atoms with van der Waals surface area (Å²) in [7, 11) is 1.92. The number of nitrogens with zero attached hydrogens (tertiary/aromatic N) is 2. The summed E-state index contributed by atoms with van der Waals surface area (Å²) in [5.41, 5.74) is 3.91. The Bertz CT molecular complexity index is 592. The lowest BCUT2D eigenvalue weighted by Crippen LogP contribution is -2.04. The minimum absolute atomic E-state index is 0.512. The highest BCUT2D eigenvalue weighted by Crippen LogP contribution is 2.33. The molecule has 0 unspecified atom stereocenters. The second-order valence-corrected chi connectivity index (χ2v) is 5.66. The average Bonchev–Trinajstić information content (AvgIpc) is 2.89. The number of benzene rings is 1. The van der Waals surface area contributed by atoms with Crippen molar-refractivity contribution >= 4 is 6.29 Å². The normalized spacial score (nSPS) is 16.2. The monoisotopic (exact) mass is 268 g/mol.